The maximum atomic E-state index is 13.1. The predicted molar refractivity (Wildman–Crippen MR) is 98.5 cm³/mol. The van der Waals surface area contributed by atoms with E-state index in [-0.39, 0.29) is 5.91 Å². The van der Waals surface area contributed by atoms with Gasteiger partial charge in [0.05, 0.1) is 13.2 Å². The molecule has 1 amide bonds. The van der Waals surface area contributed by atoms with E-state index in [1.807, 2.05) is 12.1 Å². The lowest BCUT2D eigenvalue weighted by molar-refractivity contribution is -0.140. The van der Waals surface area contributed by atoms with Gasteiger partial charge in [0.1, 0.15) is 11.7 Å². The number of fused-ring (bicyclic) bond motifs is 1. The molecule has 0 saturated carbocycles. The second-order valence-electron chi connectivity index (χ2n) is 6.47. The van der Waals surface area contributed by atoms with E-state index < -0.39 is 17.9 Å². The van der Waals surface area contributed by atoms with Crippen molar-refractivity contribution in [1.29, 1.82) is 0 Å². The summed E-state index contributed by atoms with van der Waals surface area (Å²) < 4.78 is 5.20. The van der Waals surface area contributed by atoms with Crippen LogP contribution < -0.4 is 4.74 Å². The van der Waals surface area contributed by atoms with Crippen LogP contribution in [0.2, 0.25) is 0 Å². The zero-order valence-corrected chi connectivity index (χ0v) is 15.0. The van der Waals surface area contributed by atoms with E-state index in [4.69, 9.17) is 4.74 Å². The van der Waals surface area contributed by atoms with Gasteiger partial charge in [-0.05, 0) is 35.7 Å². The molecule has 1 aliphatic heterocycles. The summed E-state index contributed by atoms with van der Waals surface area (Å²) in [5.74, 6) is -1.13. The Morgan fingerprint density at radius 1 is 1.15 bits per heavy atom. The fraction of sp³-hybridized carbons (Fsp3) is 0.333. The van der Waals surface area contributed by atoms with Crippen LogP contribution in [-0.4, -0.2) is 35.5 Å². The number of nitrogens with zero attached hydrogens (tertiary/aromatic N) is 1. The van der Waals surface area contributed by atoms with Crippen molar-refractivity contribution in [2.24, 2.45) is 0 Å². The Kier molecular flexibility index (Phi) is 5.26. The average molecular weight is 353 g/mol. The highest BCUT2D eigenvalue weighted by atomic mass is 16.5. The van der Waals surface area contributed by atoms with Gasteiger partial charge in [-0.15, -0.1) is 0 Å². The van der Waals surface area contributed by atoms with Crippen LogP contribution in [0.3, 0.4) is 0 Å². The molecule has 0 aliphatic carbocycles. The van der Waals surface area contributed by atoms with Crippen molar-refractivity contribution < 1.29 is 19.4 Å². The van der Waals surface area contributed by atoms with Crippen LogP contribution in [0.15, 0.2) is 48.5 Å². The monoisotopic (exact) mass is 353 g/mol. The number of benzene rings is 2. The van der Waals surface area contributed by atoms with Crippen LogP contribution in [-0.2, 0) is 4.79 Å². The maximum Gasteiger partial charge on any atom is 0.313 e. The number of hydrogen-bond acceptors (Lipinski definition) is 3. The highest BCUT2D eigenvalue weighted by Crippen LogP contribution is 2.43. The summed E-state index contributed by atoms with van der Waals surface area (Å²) >= 11 is 0. The molecule has 1 heterocycles. The van der Waals surface area contributed by atoms with E-state index in [1.165, 1.54) is 0 Å². The lowest BCUT2D eigenvalue weighted by Gasteiger charge is -2.41. The summed E-state index contributed by atoms with van der Waals surface area (Å²) in [6.45, 7) is 2.59. The minimum Gasteiger partial charge on any atom is -0.497 e. The lowest BCUT2D eigenvalue weighted by atomic mass is 9.79. The molecular weight excluding hydrogens is 330 g/mol. The van der Waals surface area contributed by atoms with Crippen molar-refractivity contribution in [1.82, 2.24) is 4.90 Å². The van der Waals surface area contributed by atoms with Gasteiger partial charge in [0.2, 0.25) is 0 Å². The van der Waals surface area contributed by atoms with Gasteiger partial charge >= 0.3 is 5.97 Å². The fourth-order valence-corrected chi connectivity index (χ4v) is 3.60. The number of aliphatic carboxylic acids is 1. The summed E-state index contributed by atoms with van der Waals surface area (Å²) in [4.78, 5) is 27.0. The molecule has 0 aromatic heterocycles. The van der Waals surface area contributed by atoms with Crippen LogP contribution in [0.5, 0.6) is 5.75 Å². The minimum absolute atomic E-state index is 0.104. The van der Waals surface area contributed by atoms with Crippen molar-refractivity contribution in [3.63, 3.8) is 0 Å². The molecule has 1 N–H and O–H groups in total. The zero-order chi connectivity index (χ0) is 18.7. The fourth-order valence-electron chi connectivity index (χ4n) is 3.60. The number of methoxy groups -OCH3 is 1. The van der Waals surface area contributed by atoms with E-state index in [0.717, 1.165) is 18.4 Å². The Hall–Kier alpha value is -2.82. The number of carboxylic acid groups (broad SMARTS) is 1. The summed E-state index contributed by atoms with van der Waals surface area (Å²) in [7, 11) is 1.59. The molecule has 0 spiro atoms. The SMILES string of the molecule is CCCCN1C(=O)c2ccccc2[C@H](C(=O)O)[C@H]1c1ccc(OC)cc1. The minimum atomic E-state index is -0.924. The van der Waals surface area contributed by atoms with Crippen LogP contribution in [0.25, 0.3) is 0 Å². The molecule has 0 unspecified atom stereocenters. The molecule has 3 rings (SSSR count). The first-order valence-electron chi connectivity index (χ1n) is 8.85. The molecule has 2 atom stereocenters. The van der Waals surface area contributed by atoms with Gasteiger partial charge in [-0.25, -0.2) is 0 Å². The van der Waals surface area contributed by atoms with Gasteiger partial charge in [-0.1, -0.05) is 43.7 Å². The molecular formula is C21H23NO4. The molecule has 136 valence electrons. The summed E-state index contributed by atoms with van der Waals surface area (Å²) in [5, 5.41) is 9.98. The van der Waals surface area contributed by atoms with Crippen molar-refractivity contribution in [3.05, 3.63) is 65.2 Å². The molecule has 0 radical (unpaired) electrons. The molecule has 1 aliphatic rings. The normalized spacial score (nSPS) is 19.2. The average Bonchev–Trinajstić information content (AvgIpc) is 2.67. The van der Waals surface area contributed by atoms with Crippen molar-refractivity contribution in [2.75, 3.05) is 13.7 Å². The van der Waals surface area contributed by atoms with Crippen molar-refractivity contribution in [2.45, 2.75) is 31.7 Å². The Bertz CT molecular complexity index is 800. The Labute approximate surface area is 153 Å². The third-order valence-corrected chi connectivity index (χ3v) is 4.91. The standard InChI is InChI=1S/C21H23NO4/c1-3-4-13-22-19(14-9-11-15(26-2)12-10-14)18(21(24)25)16-7-5-6-8-17(16)20(22)23/h5-12,18-19H,3-4,13H2,1-2H3,(H,24,25)/t18-,19+/m0/s1. The number of ether oxygens (including phenoxy) is 1. The van der Waals surface area contributed by atoms with Gasteiger partial charge in [-0.3, -0.25) is 9.59 Å². The van der Waals surface area contributed by atoms with Crippen LogP contribution >= 0.6 is 0 Å². The number of rotatable bonds is 6. The number of hydrogen-bond donors (Lipinski definition) is 1. The number of unbranched alkanes of at least 4 members (excludes halogenated alkanes) is 1. The molecule has 0 saturated heterocycles. The van der Waals surface area contributed by atoms with E-state index in [9.17, 15) is 14.7 Å². The smallest absolute Gasteiger partial charge is 0.313 e. The molecule has 0 bridgehead atoms. The van der Waals surface area contributed by atoms with Crippen molar-refractivity contribution in [3.8, 4) is 5.75 Å². The highest BCUT2D eigenvalue weighted by Gasteiger charge is 2.43. The summed E-state index contributed by atoms with van der Waals surface area (Å²) in [6, 6.07) is 13.8. The Morgan fingerprint density at radius 3 is 2.46 bits per heavy atom. The molecule has 2 aromatic carbocycles. The Morgan fingerprint density at radius 2 is 1.85 bits per heavy atom. The first kappa shape index (κ1) is 18.0. The third-order valence-electron chi connectivity index (χ3n) is 4.91. The van der Waals surface area contributed by atoms with Gasteiger partial charge < -0.3 is 14.7 Å². The quantitative estimate of drug-likeness (QED) is 0.856. The second-order valence-corrected chi connectivity index (χ2v) is 6.47. The summed E-state index contributed by atoms with van der Waals surface area (Å²) in [5.41, 5.74) is 1.87. The van der Waals surface area contributed by atoms with E-state index in [1.54, 1.807) is 48.4 Å². The van der Waals surface area contributed by atoms with E-state index in [0.29, 0.717) is 23.4 Å². The first-order chi connectivity index (χ1) is 12.6. The van der Waals surface area contributed by atoms with Crippen LogP contribution in [0.1, 0.15) is 53.2 Å². The number of carboxylic acids is 1. The molecule has 5 heteroatoms. The maximum absolute atomic E-state index is 13.1. The first-order valence-corrected chi connectivity index (χ1v) is 8.85. The van der Waals surface area contributed by atoms with Crippen LogP contribution in [0.4, 0.5) is 0 Å². The second kappa shape index (κ2) is 7.60. The van der Waals surface area contributed by atoms with E-state index in [2.05, 4.69) is 6.92 Å². The van der Waals surface area contributed by atoms with Crippen molar-refractivity contribution >= 4 is 11.9 Å². The topological polar surface area (TPSA) is 66.8 Å². The van der Waals surface area contributed by atoms with Gasteiger partial charge in [0.15, 0.2) is 0 Å². The van der Waals surface area contributed by atoms with E-state index >= 15 is 0 Å². The molecule has 2 aromatic rings. The zero-order valence-electron chi connectivity index (χ0n) is 15.0. The van der Waals surface area contributed by atoms with Gasteiger partial charge in [-0.2, -0.15) is 0 Å². The number of carbonyl (C=O) groups is 2. The largest absolute Gasteiger partial charge is 0.497 e. The summed E-state index contributed by atoms with van der Waals surface area (Å²) in [6.07, 6.45) is 1.76. The molecule has 0 fully saturated rings. The lowest BCUT2D eigenvalue weighted by Crippen LogP contribution is -2.45. The Balaban J connectivity index is 2.14. The highest BCUT2D eigenvalue weighted by molar-refractivity contribution is 6.00. The number of amides is 1. The predicted octanol–water partition coefficient (Wildman–Crippen LogP) is 3.86. The van der Waals surface area contributed by atoms with Crippen LogP contribution in [0, 0.1) is 0 Å². The molecule has 5 nitrogen and oxygen atoms in total. The van der Waals surface area contributed by atoms with Gasteiger partial charge in [0, 0.05) is 12.1 Å². The van der Waals surface area contributed by atoms with Gasteiger partial charge in [0.25, 0.3) is 5.91 Å². The molecule has 26 heavy (non-hydrogen) atoms. The third kappa shape index (κ3) is 3.17. The number of carbonyl (C=O) groups excluding carboxylic acids is 1.